The van der Waals surface area contributed by atoms with Gasteiger partial charge < -0.3 is 15.1 Å². The molecule has 0 aliphatic rings. The van der Waals surface area contributed by atoms with Gasteiger partial charge in [-0.15, -0.1) is 0 Å². The highest BCUT2D eigenvalue weighted by molar-refractivity contribution is 5.61. The molecule has 0 spiro atoms. The molecule has 4 nitrogen and oxygen atoms in total. The Morgan fingerprint density at radius 2 is 2.20 bits per heavy atom. The van der Waals surface area contributed by atoms with Crippen molar-refractivity contribution in [1.82, 2.24) is 9.97 Å². The van der Waals surface area contributed by atoms with Gasteiger partial charge in [0.05, 0.1) is 17.9 Å². The summed E-state index contributed by atoms with van der Waals surface area (Å²) in [4.78, 5) is 7.41. The van der Waals surface area contributed by atoms with E-state index in [1.807, 2.05) is 26.8 Å². The molecule has 1 atom stereocenters. The first-order chi connectivity index (χ1) is 7.08. The van der Waals surface area contributed by atoms with Crippen LogP contribution in [-0.4, -0.2) is 9.97 Å². The number of hydrogen-bond donors (Lipinski definition) is 2. The van der Waals surface area contributed by atoms with Crippen LogP contribution in [-0.2, 0) is 0 Å². The van der Waals surface area contributed by atoms with Crippen molar-refractivity contribution in [2.45, 2.75) is 26.8 Å². The fourth-order valence-electron chi connectivity index (χ4n) is 1.60. The molecule has 80 valence electrons. The van der Waals surface area contributed by atoms with Gasteiger partial charge in [-0.05, 0) is 26.8 Å². The molecule has 2 heterocycles. The number of hydrogen-bond acceptors (Lipinski definition) is 3. The molecule has 0 aromatic carbocycles. The third-order valence-corrected chi connectivity index (χ3v) is 2.36. The van der Waals surface area contributed by atoms with Crippen molar-refractivity contribution in [3.05, 3.63) is 29.6 Å². The first-order valence-electron chi connectivity index (χ1n) is 4.96. The van der Waals surface area contributed by atoms with Gasteiger partial charge in [0.1, 0.15) is 17.3 Å². The Morgan fingerprint density at radius 1 is 1.47 bits per heavy atom. The van der Waals surface area contributed by atoms with Crippen molar-refractivity contribution in [2.75, 3.05) is 0 Å². The van der Waals surface area contributed by atoms with Crippen molar-refractivity contribution < 1.29 is 4.42 Å². The van der Waals surface area contributed by atoms with Crippen molar-refractivity contribution in [3.63, 3.8) is 0 Å². The number of aromatic amines is 1. The third-order valence-electron chi connectivity index (χ3n) is 2.36. The number of aromatic nitrogens is 2. The second-order valence-corrected chi connectivity index (χ2v) is 3.80. The van der Waals surface area contributed by atoms with Crippen LogP contribution in [0.25, 0.3) is 11.3 Å². The topological polar surface area (TPSA) is 67.8 Å². The smallest absolute Gasteiger partial charge is 0.123 e. The summed E-state index contributed by atoms with van der Waals surface area (Å²) >= 11 is 0. The molecule has 3 N–H and O–H groups in total. The second-order valence-electron chi connectivity index (χ2n) is 3.80. The van der Waals surface area contributed by atoms with Crippen LogP contribution in [0.1, 0.15) is 30.3 Å². The van der Waals surface area contributed by atoms with Crippen LogP contribution in [0.5, 0.6) is 0 Å². The molecule has 0 bridgehead atoms. The predicted octanol–water partition coefficient (Wildman–Crippen LogP) is 2.31. The van der Waals surface area contributed by atoms with Gasteiger partial charge in [-0.2, -0.15) is 0 Å². The van der Waals surface area contributed by atoms with E-state index in [0.29, 0.717) is 0 Å². The first-order valence-corrected chi connectivity index (χ1v) is 4.96. The maximum absolute atomic E-state index is 5.73. The summed E-state index contributed by atoms with van der Waals surface area (Å²) in [5, 5.41) is 0. The van der Waals surface area contributed by atoms with Crippen LogP contribution in [0.3, 0.4) is 0 Å². The minimum Gasteiger partial charge on any atom is -0.466 e. The standard InChI is InChI=1S/C11H15N3O/c1-6-4-9(8(3)15-6)10-5-13-11(14-10)7(2)12/h4-5,7H,12H2,1-3H3,(H,13,14). The Bertz CT molecular complexity index is 468. The Balaban J connectivity index is 2.41. The van der Waals surface area contributed by atoms with Gasteiger partial charge >= 0.3 is 0 Å². The lowest BCUT2D eigenvalue weighted by molar-refractivity contribution is 0.505. The number of rotatable bonds is 2. The Kier molecular flexibility index (Phi) is 2.36. The zero-order valence-electron chi connectivity index (χ0n) is 9.16. The molecule has 0 saturated carbocycles. The molecule has 0 fully saturated rings. The average Bonchev–Trinajstić information content (AvgIpc) is 2.71. The molecule has 15 heavy (non-hydrogen) atoms. The lowest BCUT2D eigenvalue weighted by Crippen LogP contribution is -2.06. The maximum Gasteiger partial charge on any atom is 0.123 e. The van der Waals surface area contributed by atoms with Gasteiger partial charge in [0.25, 0.3) is 0 Å². The quantitative estimate of drug-likeness (QED) is 0.790. The molecule has 0 aliphatic heterocycles. The van der Waals surface area contributed by atoms with E-state index in [-0.39, 0.29) is 6.04 Å². The van der Waals surface area contributed by atoms with Crippen LogP contribution in [0, 0.1) is 13.8 Å². The minimum atomic E-state index is -0.0768. The Morgan fingerprint density at radius 3 is 2.67 bits per heavy atom. The number of nitrogens with one attached hydrogen (secondary N) is 1. The molecule has 0 saturated heterocycles. The fourth-order valence-corrected chi connectivity index (χ4v) is 1.60. The number of nitrogens with zero attached hydrogens (tertiary/aromatic N) is 1. The molecule has 2 aromatic heterocycles. The SMILES string of the molecule is Cc1cc(-c2cnc(C(C)N)[nH]2)c(C)o1. The van der Waals surface area contributed by atoms with Crippen molar-refractivity contribution in [2.24, 2.45) is 5.73 Å². The third kappa shape index (κ3) is 1.80. The minimum absolute atomic E-state index is 0.0768. The van der Waals surface area contributed by atoms with Gasteiger partial charge in [0.2, 0.25) is 0 Å². The highest BCUT2D eigenvalue weighted by Crippen LogP contribution is 2.25. The molecule has 0 aliphatic carbocycles. The van der Waals surface area contributed by atoms with Crippen LogP contribution in [0.4, 0.5) is 0 Å². The van der Waals surface area contributed by atoms with Crippen LogP contribution in [0.15, 0.2) is 16.7 Å². The van der Waals surface area contributed by atoms with E-state index in [2.05, 4.69) is 9.97 Å². The number of imidazole rings is 1. The van der Waals surface area contributed by atoms with E-state index in [1.54, 1.807) is 6.20 Å². The largest absolute Gasteiger partial charge is 0.466 e. The van der Waals surface area contributed by atoms with Gasteiger partial charge in [-0.3, -0.25) is 0 Å². The van der Waals surface area contributed by atoms with Gasteiger partial charge in [-0.1, -0.05) is 0 Å². The van der Waals surface area contributed by atoms with Crippen LogP contribution in [0.2, 0.25) is 0 Å². The van der Waals surface area contributed by atoms with E-state index in [9.17, 15) is 0 Å². The molecule has 2 aromatic rings. The molecule has 4 heteroatoms. The van der Waals surface area contributed by atoms with Crippen molar-refractivity contribution >= 4 is 0 Å². The molecule has 0 amide bonds. The second kappa shape index (κ2) is 3.55. The molecular weight excluding hydrogens is 190 g/mol. The van der Waals surface area contributed by atoms with E-state index >= 15 is 0 Å². The summed E-state index contributed by atoms with van der Waals surface area (Å²) in [6.07, 6.45) is 1.79. The van der Waals surface area contributed by atoms with Gasteiger partial charge in [0, 0.05) is 5.56 Å². The number of nitrogens with two attached hydrogens (primary N) is 1. The fraction of sp³-hybridized carbons (Fsp3) is 0.364. The Labute approximate surface area is 88.5 Å². The highest BCUT2D eigenvalue weighted by atomic mass is 16.3. The van der Waals surface area contributed by atoms with E-state index < -0.39 is 0 Å². The van der Waals surface area contributed by atoms with Gasteiger partial charge in [-0.25, -0.2) is 4.98 Å². The van der Waals surface area contributed by atoms with Crippen LogP contribution >= 0.6 is 0 Å². The van der Waals surface area contributed by atoms with E-state index in [0.717, 1.165) is 28.6 Å². The molecule has 2 rings (SSSR count). The normalized spacial score (nSPS) is 13.1. The summed E-state index contributed by atoms with van der Waals surface area (Å²) in [6.45, 7) is 5.77. The highest BCUT2D eigenvalue weighted by Gasteiger charge is 2.11. The summed E-state index contributed by atoms with van der Waals surface area (Å²) in [5.74, 6) is 2.59. The summed E-state index contributed by atoms with van der Waals surface area (Å²) < 4.78 is 5.46. The average molecular weight is 205 g/mol. The monoisotopic (exact) mass is 205 g/mol. The van der Waals surface area contributed by atoms with Crippen LogP contribution < -0.4 is 5.73 Å². The summed E-state index contributed by atoms with van der Waals surface area (Å²) in [5.41, 5.74) is 7.73. The molecular formula is C11H15N3O. The van der Waals surface area contributed by atoms with Crippen molar-refractivity contribution in [3.8, 4) is 11.3 Å². The van der Waals surface area contributed by atoms with Crippen molar-refractivity contribution in [1.29, 1.82) is 0 Å². The lowest BCUT2D eigenvalue weighted by Gasteiger charge is -1.98. The van der Waals surface area contributed by atoms with Gasteiger partial charge in [0.15, 0.2) is 0 Å². The maximum atomic E-state index is 5.73. The Hall–Kier alpha value is -1.55. The zero-order valence-corrected chi connectivity index (χ0v) is 9.16. The summed E-state index contributed by atoms with van der Waals surface area (Å²) in [7, 11) is 0. The molecule has 1 unspecified atom stereocenters. The first kappa shape index (κ1) is 9.98. The zero-order chi connectivity index (χ0) is 11.0. The summed E-state index contributed by atoms with van der Waals surface area (Å²) in [6, 6.07) is 1.92. The number of H-pyrrole nitrogens is 1. The van der Waals surface area contributed by atoms with E-state index in [4.69, 9.17) is 10.2 Å². The van der Waals surface area contributed by atoms with E-state index in [1.165, 1.54) is 0 Å². The number of furan rings is 1. The predicted molar refractivity (Wildman–Crippen MR) is 58.4 cm³/mol. The molecule has 0 radical (unpaired) electrons. The number of aryl methyl sites for hydroxylation is 2. The lowest BCUT2D eigenvalue weighted by atomic mass is 10.2.